The Morgan fingerprint density at radius 3 is 2.83 bits per heavy atom. The first-order valence-electron chi connectivity index (χ1n) is 12.0. The molecule has 1 saturated heterocycles. The molecule has 2 aromatic heterocycles. The number of H-pyrrole nitrogens is 1. The van der Waals surface area contributed by atoms with Gasteiger partial charge in [-0.05, 0) is 42.3 Å². The first kappa shape index (κ1) is 25.3. The van der Waals surface area contributed by atoms with Crippen molar-refractivity contribution >= 4 is 23.7 Å². The van der Waals surface area contributed by atoms with Gasteiger partial charge in [0, 0.05) is 64.1 Å². The Morgan fingerprint density at radius 2 is 2.08 bits per heavy atom. The third-order valence-corrected chi connectivity index (χ3v) is 8.44. The fourth-order valence-corrected chi connectivity index (χ4v) is 6.12. The summed E-state index contributed by atoms with van der Waals surface area (Å²) in [7, 11) is 3.43. The number of hydrogen-bond donors (Lipinski definition) is 2. The summed E-state index contributed by atoms with van der Waals surface area (Å²) < 4.78 is 47.0. The van der Waals surface area contributed by atoms with Crippen LogP contribution in [0, 0.1) is 5.41 Å². The van der Waals surface area contributed by atoms with Crippen LogP contribution in [0.4, 0.5) is 13.2 Å². The molecule has 2 aliphatic rings. The average Bonchev–Trinajstić information content (AvgIpc) is 3.38. The Bertz CT molecular complexity index is 1320. The number of methoxy groups -OCH3 is 1. The van der Waals surface area contributed by atoms with E-state index in [9.17, 15) is 18.0 Å². The molecule has 2 atom stereocenters. The van der Waals surface area contributed by atoms with Crippen molar-refractivity contribution in [3.05, 3.63) is 63.3 Å². The lowest BCUT2D eigenvalue weighted by atomic mass is 9.86. The Kier molecular flexibility index (Phi) is 6.69. The lowest BCUT2D eigenvalue weighted by Gasteiger charge is -2.43. The molecule has 0 bridgehead atoms. The number of ether oxygens (including phenoxy) is 1. The maximum atomic E-state index is 13.2. The van der Waals surface area contributed by atoms with Crippen molar-refractivity contribution in [1.82, 2.24) is 24.3 Å². The van der Waals surface area contributed by atoms with Gasteiger partial charge in [0.15, 0.2) is 0 Å². The number of likely N-dealkylation sites (tertiary alicyclic amines) is 1. The highest BCUT2D eigenvalue weighted by Gasteiger charge is 2.46. The summed E-state index contributed by atoms with van der Waals surface area (Å²) in [6.45, 7) is 3.90. The summed E-state index contributed by atoms with van der Waals surface area (Å²) >= 11 is 5.03. The molecular formula is C25H30F3N5O2S. The van der Waals surface area contributed by atoms with Crippen LogP contribution in [0.1, 0.15) is 28.8 Å². The van der Waals surface area contributed by atoms with E-state index in [1.807, 2.05) is 18.2 Å². The maximum absolute atomic E-state index is 13.2. The number of halogens is 3. The molecule has 0 aliphatic carbocycles. The van der Waals surface area contributed by atoms with Crippen molar-refractivity contribution in [3.63, 3.8) is 0 Å². The molecule has 1 fully saturated rings. The normalized spacial score (nSPS) is 22.3. The van der Waals surface area contributed by atoms with Crippen LogP contribution in [-0.2, 0) is 37.5 Å². The molecule has 2 unspecified atom stereocenters. The van der Waals surface area contributed by atoms with E-state index in [-0.39, 0.29) is 16.5 Å². The number of hydrogen-bond acceptors (Lipinski definition) is 6. The molecule has 3 aromatic rings. The second-order valence-electron chi connectivity index (χ2n) is 10.0. The van der Waals surface area contributed by atoms with Crippen molar-refractivity contribution < 1.29 is 17.9 Å². The standard InChI is InChI=1S/C25H30F3N5O2S/c1-31-21-9-16(3-4-20(21)30-23(31)34)12-32-8-6-24(14-32,15-35-2)22(36)33-7-5-19-17(13-33)10-18(11-29-19)25(26,27)28/h3-4,9-11,22,36H,5-8,12-15H2,1-2H3,(H,30,34). The van der Waals surface area contributed by atoms with Gasteiger partial charge >= 0.3 is 11.9 Å². The summed E-state index contributed by atoms with van der Waals surface area (Å²) in [6, 6.07) is 7.22. The van der Waals surface area contributed by atoms with Crippen molar-refractivity contribution in [1.29, 1.82) is 0 Å². The highest BCUT2D eigenvalue weighted by atomic mass is 32.1. The van der Waals surface area contributed by atoms with Crippen molar-refractivity contribution in [2.75, 3.05) is 33.4 Å². The Morgan fingerprint density at radius 1 is 1.28 bits per heavy atom. The molecule has 0 radical (unpaired) electrons. The number of thiol groups is 1. The molecule has 0 saturated carbocycles. The molecule has 11 heteroatoms. The second kappa shape index (κ2) is 9.51. The van der Waals surface area contributed by atoms with E-state index in [4.69, 9.17) is 17.4 Å². The zero-order valence-electron chi connectivity index (χ0n) is 20.3. The van der Waals surface area contributed by atoms with Gasteiger partial charge < -0.3 is 9.72 Å². The van der Waals surface area contributed by atoms with E-state index in [0.717, 1.165) is 54.5 Å². The predicted molar refractivity (Wildman–Crippen MR) is 134 cm³/mol. The van der Waals surface area contributed by atoms with Crippen LogP contribution in [0.25, 0.3) is 11.0 Å². The van der Waals surface area contributed by atoms with Crippen LogP contribution in [0.15, 0.2) is 35.3 Å². The van der Waals surface area contributed by atoms with Gasteiger partial charge in [-0.15, -0.1) is 0 Å². The molecule has 0 amide bonds. The number of nitrogens with one attached hydrogen (secondary N) is 1. The molecule has 1 N–H and O–H groups in total. The largest absolute Gasteiger partial charge is 0.417 e. The average molecular weight is 522 g/mol. The number of fused-ring (bicyclic) bond motifs is 2. The van der Waals surface area contributed by atoms with Crippen molar-refractivity contribution in [3.8, 4) is 0 Å². The van der Waals surface area contributed by atoms with E-state index in [1.165, 1.54) is 6.07 Å². The van der Waals surface area contributed by atoms with Crippen LogP contribution in [0.3, 0.4) is 0 Å². The van der Waals surface area contributed by atoms with Crippen LogP contribution < -0.4 is 5.69 Å². The quantitative estimate of drug-likeness (QED) is 0.487. The number of alkyl halides is 3. The number of imidazole rings is 1. The highest BCUT2D eigenvalue weighted by molar-refractivity contribution is 7.80. The summed E-state index contributed by atoms with van der Waals surface area (Å²) in [5.41, 5.74) is 3.01. The fraction of sp³-hybridized carbons (Fsp3) is 0.520. The third-order valence-electron chi connectivity index (χ3n) is 7.56. The van der Waals surface area contributed by atoms with Crippen molar-refractivity contribution in [2.24, 2.45) is 12.5 Å². The fourth-order valence-electron chi connectivity index (χ4n) is 5.63. The van der Waals surface area contributed by atoms with Crippen LogP contribution >= 0.6 is 12.6 Å². The van der Waals surface area contributed by atoms with Gasteiger partial charge in [0.05, 0.1) is 28.6 Å². The second-order valence-corrected chi connectivity index (χ2v) is 10.5. The van der Waals surface area contributed by atoms with Crippen LogP contribution in [-0.4, -0.2) is 63.1 Å². The molecular weight excluding hydrogens is 491 g/mol. The van der Waals surface area contributed by atoms with Gasteiger partial charge in [-0.3, -0.25) is 19.4 Å². The van der Waals surface area contributed by atoms with E-state index in [1.54, 1.807) is 18.7 Å². The number of benzene rings is 1. The minimum atomic E-state index is -4.41. The first-order chi connectivity index (χ1) is 17.1. The molecule has 7 nitrogen and oxygen atoms in total. The Labute approximate surface area is 212 Å². The lowest BCUT2D eigenvalue weighted by molar-refractivity contribution is -0.137. The molecule has 36 heavy (non-hydrogen) atoms. The number of aromatic amines is 1. The Balaban J connectivity index is 1.32. The maximum Gasteiger partial charge on any atom is 0.417 e. The molecule has 4 heterocycles. The summed E-state index contributed by atoms with van der Waals surface area (Å²) in [5, 5.41) is -0.182. The summed E-state index contributed by atoms with van der Waals surface area (Å²) in [4.78, 5) is 23.4. The minimum Gasteiger partial charge on any atom is -0.384 e. The SMILES string of the molecule is COCC1(C(S)N2CCc3ncc(C(F)(F)F)cc3C2)CCN(Cc2ccc3[nH]c(=O)n(C)c3c2)C1. The Hall–Kier alpha value is -2.34. The van der Waals surface area contributed by atoms with Gasteiger partial charge in [-0.25, -0.2) is 4.79 Å². The number of nitrogens with zero attached hydrogens (tertiary/aromatic N) is 4. The van der Waals surface area contributed by atoms with E-state index < -0.39 is 11.7 Å². The van der Waals surface area contributed by atoms with E-state index in [2.05, 4.69) is 19.8 Å². The van der Waals surface area contributed by atoms with Crippen LogP contribution in [0.2, 0.25) is 0 Å². The molecule has 5 rings (SSSR count). The van der Waals surface area contributed by atoms with Gasteiger partial charge in [-0.1, -0.05) is 6.07 Å². The number of aromatic nitrogens is 3. The third kappa shape index (κ3) is 4.69. The van der Waals surface area contributed by atoms with Crippen LogP contribution in [0.5, 0.6) is 0 Å². The predicted octanol–water partition coefficient (Wildman–Crippen LogP) is 3.43. The van der Waals surface area contributed by atoms with Gasteiger partial charge in [0.25, 0.3) is 0 Å². The lowest BCUT2D eigenvalue weighted by Crippen LogP contribution is -2.50. The number of aryl methyl sites for hydroxylation is 1. The molecule has 1 aromatic carbocycles. The number of rotatable bonds is 6. The topological polar surface area (TPSA) is 66.4 Å². The van der Waals surface area contributed by atoms with Crippen molar-refractivity contribution in [2.45, 2.75) is 37.5 Å². The van der Waals surface area contributed by atoms with E-state index >= 15 is 0 Å². The summed E-state index contributed by atoms with van der Waals surface area (Å²) in [6.07, 6.45) is -2.03. The monoisotopic (exact) mass is 521 g/mol. The highest BCUT2D eigenvalue weighted by Crippen LogP contribution is 2.41. The zero-order valence-corrected chi connectivity index (χ0v) is 21.2. The minimum absolute atomic E-state index is 0.138. The molecule has 2 aliphatic heterocycles. The van der Waals surface area contributed by atoms with Gasteiger partial charge in [0.1, 0.15) is 0 Å². The van der Waals surface area contributed by atoms with E-state index in [0.29, 0.717) is 31.7 Å². The van der Waals surface area contributed by atoms with Gasteiger partial charge in [0.2, 0.25) is 0 Å². The molecule has 194 valence electrons. The zero-order chi connectivity index (χ0) is 25.7. The summed E-state index contributed by atoms with van der Waals surface area (Å²) in [5.74, 6) is 0. The first-order valence-corrected chi connectivity index (χ1v) is 12.5. The smallest absolute Gasteiger partial charge is 0.384 e. The van der Waals surface area contributed by atoms with Gasteiger partial charge in [-0.2, -0.15) is 25.8 Å². The molecule has 0 spiro atoms. The number of pyridine rings is 1.